The van der Waals surface area contributed by atoms with Crippen LogP contribution < -0.4 is 4.90 Å². The van der Waals surface area contributed by atoms with E-state index in [0.29, 0.717) is 0 Å². The van der Waals surface area contributed by atoms with Crippen LogP contribution in [-0.4, -0.2) is 23.6 Å². The Morgan fingerprint density at radius 1 is 1.28 bits per heavy atom. The van der Waals surface area contributed by atoms with E-state index in [4.69, 9.17) is 0 Å². The third-order valence-corrected chi connectivity index (χ3v) is 3.70. The summed E-state index contributed by atoms with van der Waals surface area (Å²) in [5.74, 6) is 2.02. The van der Waals surface area contributed by atoms with E-state index in [9.17, 15) is 0 Å². The Hall–Kier alpha value is -1.64. The van der Waals surface area contributed by atoms with E-state index in [1.165, 1.54) is 24.8 Å². The average molecular weight is 241 g/mol. The van der Waals surface area contributed by atoms with Crippen LogP contribution in [0, 0.1) is 12.8 Å². The maximum absolute atomic E-state index is 4.46. The summed E-state index contributed by atoms with van der Waals surface area (Å²) >= 11 is 0. The highest BCUT2D eigenvalue weighted by Crippen LogP contribution is 2.33. The van der Waals surface area contributed by atoms with Crippen LogP contribution in [0.5, 0.6) is 0 Å². The number of aryl methyl sites for hydroxylation is 1. The molecule has 1 aromatic carbocycles. The summed E-state index contributed by atoms with van der Waals surface area (Å²) in [6.45, 7) is 3.20. The lowest BCUT2D eigenvalue weighted by Gasteiger charge is -2.19. The van der Waals surface area contributed by atoms with E-state index in [1.54, 1.807) is 6.33 Å². The second-order valence-corrected chi connectivity index (χ2v) is 5.37. The van der Waals surface area contributed by atoms with Crippen LogP contribution in [0.1, 0.15) is 24.8 Å². The van der Waals surface area contributed by atoms with Crippen LogP contribution in [-0.2, 0) is 0 Å². The molecule has 1 aromatic heterocycles. The monoisotopic (exact) mass is 241 g/mol. The minimum atomic E-state index is 0.960. The summed E-state index contributed by atoms with van der Waals surface area (Å²) in [5.41, 5.74) is 2.29. The summed E-state index contributed by atoms with van der Waals surface area (Å²) in [4.78, 5) is 11.1. The fourth-order valence-corrected chi connectivity index (χ4v) is 2.35. The summed E-state index contributed by atoms with van der Waals surface area (Å²) in [6.07, 6.45) is 5.78. The highest BCUT2D eigenvalue weighted by Gasteiger charge is 2.21. The van der Waals surface area contributed by atoms with Crippen LogP contribution in [0.4, 0.5) is 5.82 Å². The van der Waals surface area contributed by atoms with E-state index in [1.807, 2.05) is 0 Å². The molecule has 0 radical (unpaired) electrons. The molecular weight excluding hydrogens is 222 g/mol. The van der Waals surface area contributed by atoms with Gasteiger partial charge >= 0.3 is 0 Å². The molecular formula is C15H19N3. The zero-order valence-electron chi connectivity index (χ0n) is 11.1. The third kappa shape index (κ3) is 2.30. The minimum Gasteiger partial charge on any atom is -0.359 e. The summed E-state index contributed by atoms with van der Waals surface area (Å²) < 4.78 is 0. The van der Waals surface area contributed by atoms with Gasteiger partial charge in [0.05, 0.1) is 5.52 Å². The van der Waals surface area contributed by atoms with Crippen molar-refractivity contribution in [2.45, 2.75) is 26.2 Å². The molecule has 3 heteroatoms. The molecule has 94 valence electrons. The molecule has 1 heterocycles. The van der Waals surface area contributed by atoms with Gasteiger partial charge in [-0.15, -0.1) is 0 Å². The Morgan fingerprint density at radius 2 is 2.11 bits per heavy atom. The molecule has 3 rings (SSSR count). The molecule has 0 bridgehead atoms. The molecule has 18 heavy (non-hydrogen) atoms. The van der Waals surface area contributed by atoms with Crippen molar-refractivity contribution in [1.82, 2.24) is 9.97 Å². The predicted molar refractivity (Wildman–Crippen MR) is 74.9 cm³/mol. The minimum absolute atomic E-state index is 0.960. The molecule has 0 amide bonds. The van der Waals surface area contributed by atoms with Gasteiger partial charge in [-0.1, -0.05) is 24.5 Å². The number of benzene rings is 1. The molecule has 1 aliphatic carbocycles. The maximum atomic E-state index is 4.46. The maximum Gasteiger partial charge on any atom is 0.139 e. The van der Waals surface area contributed by atoms with Crippen LogP contribution in [0.2, 0.25) is 0 Å². The Morgan fingerprint density at radius 3 is 2.89 bits per heavy atom. The van der Waals surface area contributed by atoms with Gasteiger partial charge in [0.15, 0.2) is 0 Å². The Bertz CT molecular complexity index is 561. The van der Waals surface area contributed by atoms with Crippen molar-refractivity contribution < 1.29 is 0 Å². The van der Waals surface area contributed by atoms with Crippen molar-refractivity contribution in [2.75, 3.05) is 18.5 Å². The van der Waals surface area contributed by atoms with Crippen molar-refractivity contribution in [2.24, 2.45) is 5.92 Å². The highest BCUT2D eigenvalue weighted by atomic mass is 15.2. The van der Waals surface area contributed by atoms with Gasteiger partial charge < -0.3 is 4.90 Å². The first-order chi connectivity index (χ1) is 8.74. The molecule has 1 saturated carbocycles. The SMILES string of the molecule is Cc1ccc2ncnc(N(C)CCC3CC3)c2c1. The Balaban J connectivity index is 1.91. The molecule has 0 unspecified atom stereocenters. The molecule has 0 atom stereocenters. The van der Waals surface area contributed by atoms with Crippen molar-refractivity contribution >= 4 is 16.7 Å². The number of hydrogen-bond donors (Lipinski definition) is 0. The fraction of sp³-hybridized carbons (Fsp3) is 0.467. The number of nitrogens with zero attached hydrogens (tertiary/aromatic N) is 3. The van der Waals surface area contributed by atoms with Crippen molar-refractivity contribution in [1.29, 1.82) is 0 Å². The number of aromatic nitrogens is 2. The molecule has 0 spiro atoms. The van der Waals surface area contributed by atoms with Gasteiger partial charge in [-0.25, -0.2) is 9.97 Å². The van der Waals surface area contributed by atoms with Gasteiger partial charge in [0.25, 0.3) is 0 Å². The topological polar surface area (TPSA) is 29.0 Å². The van der Waals surface area contributed by atoms with Crippen LogP contribution in [0.25, 0.3) is 10.9 Å². The lowest BCUT2D eigenvalue weighted by atomic mass is 10.1. The van der Waals surface area contributed by atoms with Gasteiger partial charge in [-0.3, -0.25) is 0 Å². The van der Waals surface area contributed by atoms with Crippen molar-refractivity contribution in [3.63, 3.8) is 0 Å². The lowest BCUT2D eigenvalue weighted by Crippen LogP contribution is -2.20. The number of fused-ring (bicyclic) bond motifs is 1. The normalized spacial score (nSPS) is 15.0. The first-order valence-electron chi connectivity index (χ1n) is 6.66. The van der Waals surface area contributed by atoms with Gasteiger partial charge in [0, 0.05) is 19.0 Å². The lowest BCUT2D eigenvalue weighted by molar-refractivity contribution is 0.707. The number of hydrogen-bond acceptors (Lipinski definition) is 3. The first-order valence-corrected chi connectivity index (χ1v) is 6.66. The van der Waals surface area contributed by atoms with Gasteiger partial charge in [-0.05, 0) is 31.4 Å². The Labute approximate surface area is 108 Å². The molecule has 2 aromatic rings. The van der Waals surface area contributed by atoms with E-state index < -0.39 is 0 Å². The van der Waals surface area contributed by atoms with Gasteiger partial charge in [0.2, 0.25) is 0 Å². The first kappa shape index (κ1) is 11.5. The van der Waals surface area contributed by atoms with Crippen LogP contribution in [0.3, 0.4) is 0 Å². The van der Waals surface area contributed by atoms with Gasteiger partial charge in [-0.2, -0.15) is 0 Å². The number of anilines is 1. The number of rotatable bonds is 4. The molecule has 0 saturated heterocycles. The quantitative estimate of drug-likeness (QED) is 0.823. The van der Waals surface area contributed by atoms with Crippen molar-refractivity contribution in [3.05, 3.63) is 30.1 Å². The Kier molecular flexibility index (Phi) is 2.90. The zero-order valence-corrected chi connectivity index (χ0v) is 11.1. The van der Waals surface area contributed by atoms with E-state index >= 15 is 0 Å². The second kappa shape index (κ2) is 4.56. The van der Waals surface area contributed by atoms with Crippen LogP contribution >= 0.6 is 0 Å². The average Bonchev–Trinajstić information content (AvgIpc) is 3.19. The van der Waals surface area contributed by atoms with E-state index in [0.717, 1.165) is 29.2 Å². The van der Waals surface area contributed by atoms with E-state index in [2.05, 4.69) is 47.0 Å². The van der Waals surface area contributed by atoms with Crippen molar-refractivity contribution in [3.8, 4) is 0 Å². The fourth-order valence-electron chi connectivity index (χ4n) is 2.35. The zero-order chi connectivity index (χ0) is 12.5. The summed E-state index contributed by atoms with van der Waals surface area (Å²) in [6, 6.07) is 6.35. The van der Waals surface area contributed by atoms with E-state index in [-0.39, 0.29) is 0 Å². The molecule has 1 fully saturated rings. The summed E-state index contributed by atoms with van der Waals surface area (Å²) in [5, 5.41) is 1.16. The predicted octanol–water partition coefficient (Wildman–Crippen LogP) is 3.17. The molecule has 0 N–H and O–H groups in total. The summed E-state index contributed by atoms with van der Waals surface area (Å²) in [7, 11) is 2.13. The second-order valence-electron chi connectivity index (χ2n) is 5.37. The molecule has 1 aliphatic rings. The largest absolute Gasteiger partial charge is 0.359 e. The smallest absolute Gasteiger partial charge is 0.139 e. The molecule has 0 aliphatic heterocycles. The standard InChI is InChI=1S/C15H19N3/c1-11-3-6-14-13(9-11)15(17-10-16-14)18(2)8-7-12-4-5-12/h3,6,9-10,12H,4-5,7-8H2,1-2H3. The molecule has 3 nitrogen and oxygen atoms in total. The van der Waals surface area contributed by atoms with Crippen LogP contribution in [0.15, 0.2) is 24.5 Å². The highest BCUT2D eigenvalue weighted by molar-refractivity contribution is 5.89. The third-order valence-electron chi connectivity index (χ3n) is 3.70. The van der Waals surface area contributed by atoms with Gasteiger partial charge in [0.1, 0.15) is 12.1 Å².